The minimum Gasteiger partial charge on any atom is -0.348 e. The van der Waals surface area contributed by atoms with Crippen molar-refractivity contribution in [2.75, 3.05) is 13.6 Å². The lowest BCUT2D eigenvalue weighted by Crippen LogP contribution is -2.29. The van der Waals surface area contributed by atoms with Gasteiger partial charge in [-0.05, 0) is 36.6 Å². The van der Waals surface area contributed by atoms with Crippen molar-refractivity contribution in [1.82, 2.24) is 15.2 Å². The summed E-state index contributed by atoms with van der Waals surface area (Å²) in [4.78, 5) is 30.5. The lowest BCUT2D eigenvalue weighted by Gasteiger charge is -2.16. The fourth-order valence-electron chi connectivity index (χ4n) is 2.47. The molecule has 1 aromatic heterocycles. The molecule has 2 rings (SSSR count). The molecular weight excluding hydrogens is 314 g/mol. The second-order valence-electron chi connectivity index (χ2n) is 6.12. The molecule has 0 unspecified atom stereocenters. The highest BCUT2D eigenvalue weighted by atomic mass is 16.2. The molecule has 5 nitrogen and oxygen atoms in total. The Balaban J connectivity index is 2.03. The predicted octanol–water partition coefficient (Wildman–Crippen LogP) is 3.19. The number of carbonyl (C=O) groups is 2. The third-order valence-corrected chi connectivity index (χ3v) is 4.14. The van der Waals surface area contributed by atoms with Crippen molar-refractivity contribution < 1.29 is 9.59 Å². The van der Waals surface area contributed by atoms with E-state index in [9.17, 15) is 9.59 Å². The molecule has 1 heterocycles. The minimum atomic E-state index is -0.212. The quantitative estimate of drug-likeness (QED) is 0.842. The van der Waals surface area contributed by atoms with Crippen LogP contribution >= 0.6 is 0 Å². The van der Waals surface area contributed by atoms with Gasteiger partial charge in [-0.1, -0.05) is 37.6 Å². The topological polar surface area (TPSA) is 62.3 Å². The van der Waals surface area contributed by atoms with E-state index in [1.807, 2.05) is 31.2 Å². The van der Waals surface area contributed by atoms with Crippen molar-refractivity contribution >= 4 is 11.8 Å². The first-order valence-electron chi connectivity index (χ1n) is 8.57. The predicted molar refractivity (Wildman–Crippen MR) is 98.5 cm³/mol. The summed E-state index contributed by atoms with van der Waals surface area (Å²) in [5.41, 5.74) is 2.93. The van der Waals surface area contributed by atoms with Crippen molar-refractivity contribution in [3.8, 4) is 0 Å². The van der Waals surface area contributed by atoms with E-state index in [-0.39, 0.29) is 11.8 Å². The number of aromatic nitrogens is 1. The van der Waals surface area contributed by atoms with Crippen molar-refractivity contribution in [3.63, 3.8) is 0 Å². The SMILES string of the molecule is CCCCN(C)C(=O)c1cc(C(=O)NCc2ccccc2C)ccn1. The van der Waals surface area contributed by atoms with Gasteiger partial charge in [0.25, 0.3) is 11.8 Å². The van der Waals surface area contributed by atoms with E-state index in [1.54, 1.807) is 24.1 Å². The molecule has 2 amide bonds. The molecule has 25 heavy (non-hydrogen) atoms. The Hall–Kier alpha value is -2.69. The van der Waals surface area contributed by atoms with E-state index < -0.39 is 0 Å². The van der Waals surface area contributed by atoms with Gasteiger partial charge in [-0.2, -0.15) is 0 Å². The first kappa shape index (κ1) is 18.6. The van der Waals surface area contributed by atoms with Crippen molar-refractivity contribution in [1.29, 1.82) is 0 Å². The summed E-state index contributed by atoms with van der Waals surface area (Å²) in [6.07, 6.45) is 3.47. The van der Waals surface area contributed by atoms with Crippen LogP contribution in [0.3, 0.4) is 0 Å². The fraction of sp³-hybridized carbons (Fsp3) is 0.350. The van der Waals surface area contributed by atoms with E-state index >= 15 is 0 Å². The highest BCUT2D eigenvalue weighted by molar-refractivity contribution is 5.98. The number of nitrogens with zero attached hydrogens (tertiary/aromatic N) is 2. The Morgan fingerprint density at radius 3 is 2.68 bits per heavy atom. The van der Waals surface area contributed by atoms with Crippen LogP contribution in [0.4, 0.5) is 0 Å². The lowest BCUT2D eigenvalue weighted by atomic mass is 10.1. The van der Waals surface area contributed by atoms with Crippen molar-refractivity contribution in [3.05, 3.63) is 65.0 Å². The van der Waals surface area contributed by atoms with Crippen LogP contribution in [0, 0.1) is 6.92 Å². The van der Waals surface area contributed by atoms with Gasteiger partial charge in [0.05, 0.1) is 0 Å². The average Bonchev–Trinajstić information content (AvgIpc) is 2.64. The molecule has 5 heteroatoms. The summed E-state index contributed by atoms with van der Waals surface area (Å²) in [6.45, 7) is 5.22. The summed E-state index contributed by atoms with van der Waals surface area (Å²) in [5, 5.41) is 2.89. The smallest absolute Gasteiger partial charge is 0.272 e. The maximum Gasteiger partial charge on any atom is 0.272 e. The molecule has 0 spiro atoms. The Morgan fingerprint density at radius 1 is 1.20 bits per heavy atom. The summed E-state index contributed by atoms with van der Waals surface area (Å²) < 4.78 is 0. The molecule has 1 N–H and O–H groups in total. The molecule has 2 aromatic rings. The Labute approximate surface area is 149 Å². The molecule has 0 fully saturated rings. The molecule has 0 aliphatic rings. The number of aryl methyl sites for hydroxylation is 1. The highest BCUT2D eigenvalue weighted by Crippen LogP contribution is 2.09. The summed E-state index contributed by atoms with van der Waals surface area (Å²) in [6, 6.07) is 11.1. The molecule has 0 atom stereocenters. The zero-order valence-electron chi connectivity index (χ0n) is 15.1. The summed E-state index contributed by atoms with van der Waals surface area (Å²) in [5.74, 6) is -0.377. The van der Waals surface area contributed by atoms with Crippen molar-refractivity contribution in [2.45, 2.75) is 33.2 Å². The molecule has 132 valence electrons. The van der Waals surface area contributed by atoms with Crippen LogP contribution in [0.2, 0.25) is 0 Å². The Bertz CT molecular complexity index is 743. The monoisotopic (exact) mass is 339 g/mol. The zero-order valence-corrected chi connectivity index (χ0v) is 15.1. The van der Waals surface area contributed by atoms with Crippen LogP contribution in [0.5, 0.6) is 0 Å². The van der Waals surface area contributed by atoms with Gasteiger partial charge in [-0.15, -0.1) is 0 Å². The number of amides is 2. The number of unbranched alkanes of at least 4 members (excludes halogenated alkanes) is 1. The second kappa shape index (κ2) is 8.97. The third-order valence-electron chi connectivity index (χ3n) is 4.14. The van der Waals surface area contributed by atoms with Crippen LogP contribution in [0.1, 0.15) is 51.7 Å². The highest BCUT2D eigenvalue weighted by Gasteiger charge is 2.15. The van der Waals surface area contributed by atoms with Crippen LogP contribution in [-0.2, 0) is 6.54 Å². The molecule has 0 saturated heterocycles. The van der Waals surface area contributed by atoms with Gasteiger partial charge < -0.3 is 10.2 Å². The fourth-order valence-corrected chi connectivity index (χ4v) is 2.47. The zero-order chi connectivity index (χ0) is 18.2. The van der Waals surface area contributed by atoms with E-state index in [4.69, 9.17) is 0 Å². The van der Waals surface area contributed by atoms with Gasteiger partial charge in [-0.25, -0.2) is 0 Å². The molecular formula is C20H25N3O2. The molecule has 0 aliphatic heterocycles. The first-order valence-corrected chi connectivity index (χ1v) is 8.57. The summed E-state index contributed by atoms with van der Waals surface area (Å²) in [7, 11) is 1.75. The number of pyridine rings is 1. The number of carbonyl (C=O) groups excluding carboxylic acids is 2. The van der Waals surface area contributed by atoms with Crippen LogP contribution < -0.4 is 5.32 Å². The van der Waals surface area contributed by atoms with Gasteiger partial charge in [0, 0.05) is 31.9 Å². The van der Waals surface area contributed by atoms with Crippen molar-refractivity contribution in [2.24, 2.45) is 0 Å². The number of nitrogens with one attached hydrogen (secondary N) is 1. The molecule has 1 aromatic carbocycles. The lowest BCUT2D eigenvalue weighted by molar-refractivity contribution is 0.0787. The summed E-state index contributed by atoms with van der Waals surface area (Å²) >= 11 is 0. The van der Waals surface area contributed by atoms with Crippen LogP contribution in [-0.4, -0.2) is 35.3 Å². The molecule has 0 radical (unpaired) electrons. The van der Waals surface area contributed by atoms with Crippen LogP contribution in [0.15, 0.2) is 42.6 Å². The van der Waals surface area contributed by atoms with Gasteiger partial charge in [0.1, 0.15) is 5.69 Å². The maximum atomic E-state index is 12.4. The minimum absolute atomic E-state index is 0.165. The standard InChI is InChI=1S/C20H25N3O2/c1-4-5-12-23(3)20(25)18-13-16(10-11-21-18)19(24)22-14-17-9-7-6-8-15(17)2/h6-11,13H,4-5,12,14H2,1-3H3,(H,22,24). The van der Waals surface area contributed by atoms with E-state index in [0.29, 0.717) is 24.3 Å². The normalized spacial score (nSPS) is 10.4. The molecule has 0 bridgehead atoms. The molecule has 0 saturated carbocycles. The number of benzene rings is 1. The third kappa shape index (κ3) is 5.14. The number of hydrogen-bond donors (Lipinski definition) is 1. The Kier molecular flexibility index (Phi) is 6.69. The number of rotatable bonds is 7. The van der Waals surface area contributed by atoms with Crippen LogP contribution in [0.25, 0.3) is 0 Å². The maximum absolute atomic E-state index is 12.4. The largest absolute Gasteiger partial charge is 0.348 e. The molecule has 0 aliphatic carbocycles. The van der Waals surface area contributed by atoms with Gasteiger partial charge in [0.2, 0.25) is 0 Å². The first-order chi connectivity index (χ1) is 12.0. The van der Waals surface area contributed by atoms with E-state index in [2.05, 4.69) is 17.2 Å². The Morgan fingerprint density at radius 2 is 1.96 bits per heavy atom. The van der Waals surface area contributed by atoms with Gasteiger partial charge in [-0.3, -0.25) is 14.6 Å². The van der Waals surface area contributed by atoms with E-state index in [1.165, 1.54) is 6.20 Å². The average molecular weight is 339 g/mol. The van der Waals surface area contributed by atoms with E-state index in [0.717, 1.165) is 24.0 Å². The van der Waals surface area contributed by atoms with Gasteiger partial charge in [0.15, 0.2) is 0 Å². The van der Waals surface area contributed by atoms with Gasteiger partial charge >= 0.3 is 0 Å². The second-order valence-corrected chi connectivity index (χ2v) is 6.12. The number of hydrogen-bond acceptors (Lipinski definition) is 3.